The molecule has 3 unspecified atom stereocenters. The van der Waals surface area contributed by atoms with Crippen molar-refractivity contribution in [2.75, 3.05) is 6.54 Å². The van der Waals surface area contributed by atoms with Gasteiger partial charge >= 0.3 is 0 Å². The van der Waals surface area contributed by atoms with E-state index in [0.717, 1.165) is 22.8 Å². The molecular weight excluding hydrogens is 256 g/mol. The van der Waals surface area contributed by atoms with E-state index in [0.29, 0.717) is 18.5 Å². The van der Waals surface area contributed by atoms with Crippen molar-refractivity contribution in [3.05, 3.63) is 21.9 Å². The molecule has 2 aliphatic carbocycles. The average Bonchev–Trinajstić information content (AvgIpc) is 3.11. The fraction of sp³-hybridized carbons (Fsp3) is 0.533. The van der Waals surface area contributed by atoms with E-state index in [-0.39, 0.29) is 5.91 Å². The number of hydrogen-bond donors (Lipinski definition) is 2. The van der Waals surface area contributed by atoms with Crippen LogP contribution in [0.15, 0.2) is 11.4 Å². The third kappa shape index (κ3) is 2.54. The lowest BCUT2D eigenvalue weighted by molar-refractivity contribution is 0.0927. The second-order valence-corrected chi connectivity index (χ2v) is 6.34. The van der Waals surface area contributed by atoms with Gasteiger partial charge in [0, 0.05) is 11.6 Å². The Morgan fingerprint density at radius 2 is 2.37 bits per heavy atom. The SMILES string of the molecule is NCC#Cc1ccsc1C(=O)NC1CC2CCC1C2. The van der Waals surface area contributed by atoms with Gasteiger partial charge in [-0.3, -0.25) is 4.79 Å². The summed E-state index contributed by atoms with van der Waals surface area (Å²) in [6, 6.07) is 2.27. The lowest BCUT2D eigenvalue weighted by Gasteiger charge is -2.22. The van der Waals surface area contributed by atoms with E-state index in [2.05, 4.69) is 17.2 Å². The molecule has 1 amide bonds. The van der Waals surface area contributed by atoms with Gasteiger partial charge in [-0.1, -0.05) is 18.3 Å². The predicted octanol–water partition coefficient (Wildman–Crippen LogP) is 1.98. The van der Waals surface area contributed by atoms with Crippen LogP contribution >= 0.6 is 11.3 Å². The van der Waals surface area contributed by atoms with Gasteiger partial charge in [-0.25, -0.2) is 0 Å². The minimum Gasteiger partial charge on any atom is -0.348 e. The van der Waals surface area contributed by atoms with Crippen molar-refractivity contribution in [2.45, 2.75) is 31.7 Å². The molecular formula is C15H18N2OS. The highest BCUT2D eigenvalue weighted by molar-refractivity contribution is 7.12. The monoisotopic (exact) mass is 274 g/mol. The number of fused-ring (bicyclic) bond motifs is 2. The molecule has 3 rings (SSSR count). The van der Waals surface area contributed by atoms with Crippen LogP contribution in [0.1, 0.15) is 40.9 Å². The van der Waals surface area contributed by atoms with Gasteiger partial charge in [0.05, 0.1) is 6.54 Å². The summed E-state index contributed by atoms with van der Waals surface area (Å²) in [6.45, 7) is 0.323. The van der Waals surface area contributed by atoms with Gasteiger partial charge in [-0.2, -0.15) is 0 Å². The molecule has 0 aromatic carbocycles. The fourth-order valence-electron chi connectivity index (χ4n) is 3.39. The molecule has 1 aromatic rings. The Bertz CT molecular complexity index is 540. The zero-order valence-electron chi connectivity index (χ0n) is 10.8. The van der Waals surface area contributed by atoms with Gasteiger partial charge in [-0.15, -0.1) is 11.3 Å². The first-order valence-electron chi connectivity index (χ1n) is 6.85. The highest BCUT2D eigenvalue weighted by Crippen LogP contribution is 2.44. The number of rotatable bonds is 2. The van der Waals surface area contributed by atoms with Crippen LogP contribution in [0.25, 0.3) is 0 Å². The second-order valence-electron chi connectivity index (χ2n) is 5.42. The predicted molar refractivity (Wildman–Crippen MR) is 77.0 cm³/mol. The molecule has 100 valence electrons. The van der Waals surface area contributed by atoms with Crippen molar-refractivity contribution >= 4 is 17.2 Å². The van der Waals surface area contributed by atoms with Crippen LogP contribution in [0.5, 0.6) is 0 Å². The van der Waals surface area contributed by atoms with Crippen LogP contribution in [0.2, 0.25) is 0 Å². The number of hydrogen-bond acceptors (Lipinski definition) is 3. The molecule has 0 aliphatic heterocycles. The molecule has 2 aliphatic rings. The molecule has 0 radical (unpaired) electrons. The topological polar surface area (TPSA) is 55.1 Å². The van der Waals surface area contributed by atoms with Crippen molar-refractivity contribution in [3.63, 3.8) is 0 Å². The standard InChI is InChI=1S/C15H18N2OS/c16-6-1-2-11-5-7-19-14(11)15(18)17-13-9-10-3-4-12(13)8-10/h5,7,10,12-13H,3-4,6,8-9,16H2,(H,17,18). The highest BCUT2D eigenvalue weighted by Gasteiger charge is 2.40. The van der Waals surface area contributed by atoms with Gasteiger partial charge in [0.25, 0.3) is 5.91 Å². The number of carbonyl (C=O) groups excluding carboxylic acids is 1. The van der Waals surface area contributed by atoms with Crippen LogP contribution in [0.3, 0.4) is 0 Å². The van der Waals surface area contributed by atoms with Gasteiger partial charge in [0.1, 0.15) is 4.88 Å². The number of carbonyl (C=O) groups is 1. The maximum atomic E-state index is 12.3. The third-order valence-electron chi connectivity index (χ3n) is 4.25. The van der Waals surface area contributed by atoms with Crippen LogP contribution in [-0.2, 0) is 0 Å². The summed E-state index contributed by atoms with van der Waals surface area (Å²) in [5.74, 6) is 7.36. The number of nitrogens with two attached hydrogens (primary N) is 1. The highest BCUT2D eigenvalue weighted by atomic mass is 32.1. The van der Waals surface area contributed by atoms with Gasteiger partial charge in [0.15, 0.2) is 0 Å². The Balaban J connectivity index is 1.69. The molecule has 19 heavy (non-hydrogen) atoms. The number of thiophene rings is 1. The van der Waals surface area contributed by atoms with Crippen LogP contribution in [-0.4, -0.2) is 18.5 Å². The Kier molecular flexibility index (Phi) is 3.58. The molecule has 3 N–H and O–H groups in total. The smallest absolute Gasteiger partial charge is 0.262 e. The zero-order valence-corrected chi connectivity index (χ0v) is 11.6. The fourth-order valence-corrected chi connectivity index (χ4v) is 4.14. The molecule has 3 nitrogen and oxygen atoms in total. The Morgan fingerprint density at radius 1 is 1.47 bits per heavy atom. The van der Waals surface area contributed by atoms with E-state index in [1.54, 1.807) is 0 Å². The van der Waals surface area contributed by atoms with E-state index < -0.39 is 0 Å². The van der Waals surface area contributed by atoms with E-state index in [1.165, 1.54) is 30.6 Å². The van der Waals surface area contributed by atoms with Crippen LogP contribution < -0.4 is 11.1 Å². The van der Waals surface area contributed by atoms with Crippen molar-refractivity contribution in [1.82, 2.24) is 5.32 Å². The van der Waals surface area contributed by atoms with Crippen LogP contribution in [0.4, 0.5) is 0 Å². The molecule has 1 aromatic heterocycles. The first kappa shape index (κ1) is 12.7. The first-order chi connectivity index (χ1) is 9.28. The minimum absolute atomic E-state index is 0.0360. The van der Waals surface area contributed by atoms with E-state index in [1.807, 2.05) is 11.4 Å². The number of nitrogens with one attached hydrogen (secondary N) is 1. The maximum Gasteiger partial charge on any atom is 0.262 e. The van der Waals surface area contributed by atoms with Crippen LogP contribution in [0, 0.1) is 23.7 Å². The average molecular weight is 274 g/mol. The normalized spacial score (nSPS) is 27.9. The Hall–Kier alpha value is -1.31. The molecule has 2 bridgehead atoms. The Labute approximate surface area is 117 Å². The van der Waals surface area contributed by atoms with Crippen molar-refractivity contribution in [3.8, 4) is 11.8 Å². The molecule has 0 saturated heterocycles. The zero-order chi connectivity index (χ0) is 13.2. The largest absolute Gasteiger partial charge is 0.348 e. The number of amides is 1. The van der Waals surface area contributed by atoms with E-state index in [4.69, 9.17) is 5.73 Å². The van der Waals surface area contributed by atoms with Gasteiger partial charge in [0.2, 0.25) is 0 Å². The lowest BCUT2D eigenvalue weighted by Crippen LogP contribution is -2.38. The summed E-state index contributed by atoms with van der Waals surface area (Å²) in [4.78, 5) is 13.0. The molecule has 4 heteroatoms. The van der Waals surface area contributed by atoms with Gasteiger partial charge in [-0.05, 0) is 42.5 Å². The van der Waals surface area contributed by atoms with Crippen molar-refractivity contribution in [1.29, 1.82) is 0 Å². The summed E-state index contributed by atoms with van der Waals surface area (Å²) in [5, 5.41) is 5.11. The quantitative estimate of drug-likeness (QED) is 0.810. The molecule has 2 fully saturated rings. The summed E-state index contributed by atoms with van der Waals surface area (Å²) in [5.41, 5.74) is 6.18. The van der Waals surface area contributed by atoms with E-state index >= 15 is 0 Å². The first-order valence-corrected chi connectivity index (χ1v) is 7.73. The van der Waals surface area contributed by atoms with Crippen molar-refractivity contribution < 1.29 is 4.79 Å². The van der Waals surface area contributed by atoms with E-state index in [9.17, 15) is 4.79 Å². The molecule has 2 saturated carbocycles. The third-order valence-corrected chi connectivity index (χ3v) is 5.16. The maximum absolute atomic E-state index is 12.3. The summed E-state index contributed by atoms with van der Waals surface area (Å²) >= 11 is 1.46. The summed E-state index contributed by atoms with van der Waals surface area (Å²) < 4.78 is 0. The molecule has 0 spiro atoms. The lowest BCUT2D eigenvalue weighted by atomic mass is 9.95. The minimum atomic E-state index is 0.0360. The van der Waals surface area contributed by atoms with Gasteiger partial charge < -0.3 is 11.1 Å². The Morgan fingerprint density at radius 3 is 3.05 bits per heavy atom. The summed E-state index contributed by atoms with van der Waals surface area (Å²) in [6.07, 6.45) is 5.09. The second kappa shape index (κ2) is 5.36. The molecule has 3 atom stereocenters. The van der Waals surface area contributed by atoms with Crippen molar-refractivity contribution in [2.24, 2.45) is 17.6 Å². The molecule has 1 heterocycles. The summed E-state index contributed by atoms with van der Waals surface area (Å²) in [7, 11) is 0.